The number of hydrogen-bond donors (Lipinski definition) is 7. The second kappa shape index (κ2) is 31.2. The number of methoxy groups -OCH3 is 3. The molecule has 4 aliphatic rings. The number of aliphatic hydroxyl groups excluding tert-OH is 4. The molecule has 0 radical (unpaired) electrons. The van der Waals surface area contributed by atoms with Gasteiger partial charge >= 0.3 is 29.6 Å². The van der Waals surface area contributed by atoms with Gasteiger partial charge < -0.3 is 83.5 Å². The molecule has 0 aromatic carbocycles. The molecule has 4 aliphatic heterocycles. The number of carboxylic acids is 1. The van der Waals surface area contributed by atoms with E-state index in [1.165, 1.54) is 46.1 Å². The van der Waals surface area contributed by atoms with E-state index < -0.39 is 170 Å². The third kappa shape index (κ3) is 17.3. The van der Waals surface area contributed by atoms with Crippen LogP contribution in [0.15, 0.2) is 21.9 Å². The fourth-order valence-corrected chi connectivity index (χ4v) is 11.0. The first kappa shape index (κ1) is 66.3. The van der Waals surface area contributed by atoms with Crippen LogP contribution in [0.3, 0.4) is 0 Å². The zero-order valence-corrected chi connectivity index (χ0v) is 47.4. The molecule has 27 nitrogen and oxygen atoms in total. The van der Waals surface area contributed by atoms with Gasteiger partial charge in [-0.25, -0.2) is 9.59 Å². The molecule has 5 rings (SSSR count). The normalized spacial score (nSPS) is 32.3. The zero-order chi connectivity index (χ0) is 59.1. The molecule has 0 spiro atoms. The van der Waals surface area contributed by atoms with Crippen molar-refractivity contribution in [2.75, 3.05) is 48.5 Å². The molecule has 4 saturated heterocycles. The van der Waals surface area contributed by atoms with Crippen LogP contribution < -0.4 is 17.0 Å². The topological polar surface area (TPSA) is 366 Å². The molecule has 1 aromatic heterocycles. The SMILES string of the molecule is CO[C@@H]1[C@@H](OC)[C@H](C)O[C@@H](OC(=O)C[C@@H](C)CC(=O)O[C@@H](CCCCCCCCCCC(C)C)CC(=O)O[C@H]2CN(C)[C@@H]([C@@H](O[C@@H]3O[C@H](CN)[C@@H](O)[C@H]3O)[C@H]3O[C@@H](n4ccc(=O)[nH]c4=O)[C@H](O)[C@@H]3O)C(=O)N(C)C2C(=O)O)[C@@H]1OC. The molecule has 8 N–H and O–H groups in total. The summed E-state index contributed by atoms with van der Waals surface area (Å²) in [4.78, 5) is 97.6. The third-order valence-electron chi connectivity index (χ3n) is 15.3. The van der Waals surface area contributed by atoms with E-state index in [-0.39, 0.29) is 25.8 Å². The quantitative estimate of drug-likeness (QED) is 0.0295. The number of aromatic nitrogens is 2. The van der Waals surface area contributed by atoms with Crippen LogP contribution in [-0.4, -0.2) is 227 Å². The van der Waals surface area contributed by atoms with Crippen LogP contribution in [-0.2, 0) is 71.3 Å². The number of aliphatic carboxylic acids is 1. The first-order valence-electron chi connectivity index (χ1n) is 27.7. The highest BCUT2D eigenvalue weighted by Crippen LogP contribution is 2.37. The summed E-state index contributed by atoms with van der Waals surface area (Å²) in [6, 6.07) is -2.60. The lowest BCUT2D eigenvalue weighted by molar-refractivity contribution is -0.297. The summed E-state index contributed by atoms with van der Waals surface area (Å²) < 4.78 is 58.8. The number of esters is 3. The summed E-state index contributed by atoms with van der Waals surface area (Å²) in [7, 11) is 6.88. The molecular formula is C53H87N5O22. The number of carbonyl (C=O) groups is 5. The maximum absolute atomic E-state index is 14.7. The molecular weight excluding hydrogens is 1060 g/mol. The molecule has 5 heterocycles. The van der Waals surface area contributed by atoms with E-state index in [0.29, 0.717) is 12.3 Å². The van der Waals surface area contributed by atoms with Crippen molar-refractivity contribution in [2.24, 2.45) is 17.6 Å². The lowest BCUT2D eigenvalue weighted by Gasteiger charge is -2.43. The molecule has 0 aliphatic carbocycles. The van der Waals surface area contributed by atoms with Gasteiger partial charge in [-0.2, -0.15) is 0 Å². The average molecular weight is 1150 g/mol. The zero-order valence-electron chi connectivity index (χ0n) is 47.4. The van der Waals surface area contributed by atoms with Crippen LogP contribution in [0.4, 0.5) is 0 Å². The molecule has 80 heavy (non-hydrogen) atoms. The lowest BCUT2D eigenvalue weighted by atomic mass is 9.97. The number of rotatable bonds is 30. The highest BCUT2D eigenvalue weighted by molar-refractivity contribution is 5.88. The van der Waals surface area contributed by atoms with Gasteiger partial charge in [0, 0.05) is 66.6 Å². The van der Waals surface area contributed by atoms with E-state index in [1.54, 1.807) is 13.8 Å². The summed E-state index contributed by atoms with van der Waals surface area (Å²) in [6.45, 7) is 7.01. The number of amides is 1. The van der Waals surface area contributed by atoms with E-state index in [9.17, 15) is 59.1 Å². The second-order valence-corrected chi connectivity index (χ2v) is 21.9. The number of carboxylic acid groups (broad SMARTS) is 1. The minimum Gasteiger partial charge on any atom is -0.480 e. The number of aliphatic hydroxyl groups is 4. The smallest absolute Gasteiger partial charge is 0.330 e. The molecule has 19 atom stereocenters. The van der Waals surface area contributed by atoms with E-state index in [1.807, 2.05) is 4.98 Å². The fourth-order valence-electron chi connectivity index (χ4n) is 11.0. The molecule has 456 valence electrons. The Balaban J connectivity index is 1.32. The Morgan fingerprint density at radius 3 is 1.91 bits per heavy atom. The summed E-state index contributed by atoms with van der Waals surface area (Å²) in [6.07, 6.45) is -12.6. The Morgan fingerprint density at radius 1 is 0.738 bits per heavy atom. The first-order valence-corrected chi connectivity index (χ1v) is 27.7. The van der Waals surface area contributed by atoms with Crippen LogP contribution in [0, 0.1) is 11.8 Å². The molecule has 0 bridgehead atoms. The number of nitrogens with one attached hydrogen (secondary N) is 1. The van der Waals surface area contributed by atoms with Crippen LogP contribution in [0.5, 0.6) is 0 Å². The summed E-state index contributed by atoms with van der Waals surface area (Å²) in [5.74, 6) is -4.92. The van der Waals surface area contributed by atoms with Crippen molar-refractivity contribution in [1.29, 1.82) is 0 Å². The molecule has 1 aromatic rings. The third-order valence-corrected chi connectivity index (χ3v) is 15.3. The number of ether oxygens (including phenoxy) is 10. The Morgan fingerprint density at radius 2 is 1.34 bits per heavy atom. The largest absolute Gasteiger partial charge is 0.480 e. The molecule has 27 heteroatoms. The number of nitrogens with two attached hydrogens (primary N) is 1. The minimum atomic E-state index is -1.97. The van der Waals surface area contributed by atoms with E-state index in [4.69, 9.17) is 53.1 Å². The van der Waals surface area contributed by atoms with E-state index in [2.05, 4.69) is 13.8 Å². The van der Waals surface area contributed by atoms with Gasteiger partial charge in [0.15, 0.2) is 18.6 Å². The van der Waals surface area contributed by atoms with Gasteiger partial charge in [0.25, 0.3) is 5.56 Å². The second-order valence-electron chi connectivity index (χ2n) is 21.9. The molecule has 4 fully saturated rings. The number of nitrogens with zero attached hydrogens (tertiary/aromatic N) is 3. The Kier molecular flexibility index (Phi) is 25.9. The highest BCUT2D eigenvalue weighted by Gasteiger charge is 2.57. The van der Waals surface area contributed by atoms with Crippen molar-refractivity contribution in [1.82, 2.24) is 19.4 Å². The van der Waals surface area contributed by atoms with Crippen LogP contribution >= 0.6 is 0 Å². The fraction of sp³-hybridized carbons (Fsp3) is 0.830. The van der Waals surface area contributed by atoms with Gasteiger partial charge in [0.2, 0.25) is 12.2 Å². The van der Waals surface area contributed by atoms with Gasteiger partial charge in [-0.1, -0.05) is 72.1 Å². The van der Waals surface area contributed by atoms with Crippen LogP contribution in [0.2, 0.25) is 0 Å². The molecule has 1 amide bonds. The number of unbranched alkanes of at least 4 members (excludes halogenated alkanes) is 7. The van der Waals surface area contributed by atoms with Gasteiger partial charge in [-0.15, -0.1) is 0 Å². The Labute approximate surface area is 465 Å². The first-order chi connectivity index (χ1) is 38.0. The van der Waals surface area contributed by atoms with Crippen molar-refractivity contribution in [3.05, 3.63) is 33.1 Å². The predicted octanol–water partition coefficient (Wildman–Crippen LogP) is -0.308. The average Bonchev–Trinajstić information content (AvgIpc) is 3.91. The van der Waals surface area contributed by atoms with Crippen LogP contribution in [0.25, 0.3) is 0 Å². The van der Waals surface area contributed by atoms with Gasteiger partial charge in [-0.3, -0.25) is 38.4 Å². The summed E-state index contributed by atoms with van der Waals surface area (Å²) in [5, 5.41) is 55.2. The van der Waals surface area contributed by atoms with E-state index in [0.717, 1.165) is 67.3 Å². The number of aromatic amines is 1. The predicted molar refractivity (Wildman–Crippen MR) is 279 cm³/mol. The lowest BCUT2D eigenvalue weighted by Crippen LogP contribution is -2.59. The van der Waals surface area contributed by atoms with Crippen LogP contribution in [0.1, 0.15) is 117 Å². The molecule has 1 unspecified atom stereocenters. The molecule has 0 saturated carbocycles. The van der Waals surface area contributed by atoms with Gasteiger partial charge in [0.1, 0.15) is 79.3 Å². The maximum atomic E-state index is 14.7. The number of likely N-dealkylation sites (N-methyl/N-ethyl adjacent to an activating group) is 2. The number of carbonyl (C=O) groups excluding carboxylic acids is 4. The standard InChI is InChI=1S/C53H87N5O22/c1-27(2)18-16-14-12-10-11-13-15-17-19-30(75-34(60)22-28(3)23-35(61)78-52-47(73-9)46(72-8)43(71-7)29(4)74-52)24-36(62)76-32-26-56(5)38(48(67)57(6)37(32)50(68)69)44(80-51-42(66)39(63)31(25-54)77-51)45-40(64)41(65)49(79-45)58-21-20-33(59)55-53(58)70/h20-21,27-32,37-47,49,51-52,63-66H,10-19,22-26,54H2,1-9H3,(H,68,69)(H,55,59,70)/t28-,29-,30-,31+,32-,37?,38-,39+,40-,41+,42+,43-,44+,45-,46+,47+,49+,51-,52-/m0/s1. The Bertz CT molecular complexity index is 2270. The number of hydrogen-bond acceptors (Lipinski definition) is 23. The van der Waals surface area contributed by atoms with Crippen molar-refractivity contribution in [3.63, 3.8) is 0 Å². The monoisotopic (exact) mass is 1150 g/mol. The summed E-state index contributed by atoms with van der Waals surface area (Å²) in [5.41, 5.74) is 3.95. The number of H-pyrrole nitrogens is 1. The van der Waals surface area contributed by atoms with Gasteiger partial charge in [-0.05, 0) is 38.6 Å². The van der Waals surface area contributed by atoms with Crippen molar-refractivity contribution >= 4 is 29.8 Å². The highest BCUT2D eigenvalue weighted by atomic mass is 16.7. The summed E-state index contributed by atoms with van der Waals surface area (Å²) >= 11 is 0. The van der Waals surface area contributed by atoms with Crippen molar-refractivity contribution < 1.29 is 96.9 Å². The van der Waals surface area contributed by atoms with E-state index >= 15 is 0 Å². The van der Waals surface area contributed by atoms with Crippen molar-refractivity contribution in [2.45, 2.75) is 221 Å². The van der Waals surface area contributed by atoms with Gasteiger partial charge in [0.05, 0.1) is 12.5 Å². The maximum Gasteiger partial charge on any atom is 0.330 e. The Hall–Kier alpha value is -4.49. The minimum absolute atomic E-state index is 0.216. The van der Waals surface area contributed by atoms with Crippen molar-refractivity contribution in [3.8, 4) is 0 Å².